The van der Waals surface area contributed by atoms with Crippen LogP contribution in [0.4, 0.5) is 0 Å². The molecule has 0 aliphatic carbocycles. The van der Waals surface area contributed by atoms with E-state index in [0.717, 1.165) is 18.5 Å². The van der Waals surface area contributed by atoms with E-state index in [4.69, 9.17) is 14.6 Å². The summed E-state index contributed by atoms with van der Waals surface area (Å²) in [5.74, 6) is 0.613. The van der Waals surface area contributed by atoms with Crippen molar-refractivity contribution in [3.63, 3.8) is 0 Å². The summed E-state index contributed by atoms with van der Waals surface area (Å²) in [6.45, 7) is 15.1. The number of ether oxygens (including phenoxy) is 1. The molecule has 1 saturated heterocycles. The Morgan fingerprint density at radius 3 is 2.37 bits per heavy atom. The van der Waals surface area contributed by atoms with Gasteiger partial charge in [-0.25, -0.2) is 0 Å². The summed E-state index contributed by atoms with van der Waals surface area (Å²) in [6, 6.07) is 0. The van der Waals surface area contributed by atoms with Gasteiger partial charge in [-0.3, -0.25) is 0 Å². The Hall–Kier alpha value is -1.86. The second-order valence-corrected chi connectivity index (χ2v) is 9.68. The molecule has 2 aliphatic rings. The van der Waals surface area contributed by atoms with Crippen molar-refractivity contribution >= 4 is 5.70 Å². The Kier molecular flexibility index (Phi) is 5.12. The van der Waals surface area contributed by atoms with Crippen LogP contribution in [0.15, 0.2) is 30.7 Å². The number of hydroxylamine groups is 2. The first kappa shape index (κ1) is 19.9. The van der Waals surface area contributed by atoms with Gasteiger partial charge in [-0.2, -0.15) is 0 Å². The highest BCUT2D eigenvalue weighted by Gasteiger charge is 2.44. The minimum atomic E-state index is -0.0866. The van der Waals surface area contributed by atoms with Crippen LogP contribution >= 0.6 is 0 Å². The van der Waals surface area contributed by atoms with Crippen molar-refractivity contribution in [2.75, 3.05) is 0 Å². The first-order chi connectivity index (χ1) is 12.5. The molecule has 150 valence electrons. The van der Waals surface area contributed by atoms with Gasteiger partial charge in [-0.05, 0) is 67.7 Å². The van der Waals surface area contributed by atoms with E-state index in [1.165, 1.54) is 6.42 Å². The zero-order valence-corrected chi connectivity index (χ0v) is 17.7. The van der Waals surface area contributed by atoms with Gasteiger partial charge in [0.1, 0.15) is 18.1 Å². The zero-order valence-electron chi connectivity index (χ0n) is 17.7. The Morgan fingerprint density at radius 1 is 1.11 bits per heavy atom. The molecule has 0 amide bonds. The van der Waals surface area contributed by atoms with Gasteiger partial charge in [-0.15, -0.1) is 14.4 Å². The van der Waals surface area contributed by atoms with Crippen molar-refractivity contribution in [2.45, 2.75) is 90.8 Å². The lowest BCUT2D eigenvalue weighted by Crippen LogP contribution is -2.58. The van der Waals surface area contributed by atoms with E-state index in [0.29, 0.717) is 12.2 Å². The maximum Gasteiger partial charge on any atom is 0.187 e. The summed E-state index contributed by atoms with van der Waals surface area (Å²) in [4.78, 5) is 11.5. The Bertz CT molecular complexity index is 725. The van der Waals surface area contributed by atoms with Crippen LogP contribution < -0.4 is 4.68 Å². The van der Waals surface area contributed by atoms with Crippen LogP contribution in [0.25, 0.3) is 5.70 Å². The van der Waals surface area contributed by atoms with Gasteiger partial charge >= 0.3 is 0 Å². The van der Waals surface area contributed by atoms with Crippen LogP contribution in [0.3, 0.4) is 0 Å². The third-order valence-corrected chi connectivity index (χ3v) is 5.18. The predicted molar refractivity (Wildman–Crippen MR) is 101 cm³/mol. The highest BCUT2D eigenvalue weighted by Crippen LogP contribution is 2.39. The van der Waals surface area contributed by atoms with E-state index in [-0.39, 0.29) is 16.6 Å². The van der Waals surface area contributed by atoms with Crippen LogP contribution in [0.2, 0.25) is 0 Å². The highest BCUT2D eigenvalue weighted by atomic mass is 17.3. The first-order valence-corrected chi connectivity index (χ1v) is 9.66. The normalized spacial score (nSPS) is 22.6. The average Bonchev–Trinajstić information content (AvgIpc) is 3.03. The predicted octanol–water partition coefficient (Wildman–Crippen LogP) is 3.89. The largest absolute Gasteiger partial charge is 0.465 e. The van der Waals surface area contributed by atoms with E-state index < -0.39 is 0 Å². The molecule has 3 heterocycles. The SMILES string of the molecule is CC1(C)CCCC(C)(C)N1OOC1=COC=C(n2cc[n+](C(C)(C)C)n2)C1. The van der Waals surface area contributed by atoms with Crippen molar-refractivity contribution in [3.8, 4) is 0 Å². The third-order valence-electron chi connectivity index (χ3n) is 5.18. The third kappa shape index (κ3) is 4.35. The topological polar surface area (TPSA) is 52.6 Å². The lowest BCUT2D eigenvalue weighted by molar-refractivity contribution is -0.806. The van der Waals surface area contributed by atoms with Crippen molar-refractivity contribution in [1.29, 1.82) is 0 Å². The van der Waals surface area contributed by atoms with Crippen LogP contribution in [-0.4, -0.2) is 26.0 Å². The van der Waals surface area contributed by atoms with E-state index in [1.54, 1.807) is 17.2 Å². The van der Waals surface area contributed by atoms with Gasteiger partial charge in [0.25, 0.3) is 0 Å². The fourth-order valence-corrected chi connectivity index (χ4v) is 3.70. The fraction of sp³-hybridized carbons (Fsp3) is 0.700. The van der Waals surface area contributed by atoms with Crippen LogP contribution in [0, 0.1) is 0 Å². The lowest BCUT2D eigenvalue weighted by atomic mass is 9.82. The molecule has 1 aromatic rings. The number of aromatic nitrogens is 3. The van der Waals surface area contributed by atoms with Crippen molar-refractivity contribution in [2.24, 2.45) is 0 Å². The summed E-state index contributed by atoms with van der Waals surface area (Å²) in [5, 5.41) is 6.56. The maximum atomic E-state index is 5.82. The van der Waals surface area contributed by atoms with Crippen LogP contribution in [-0.2, 0) is 20.2 Å². The number of allylic oxidation sites excluding steroid dienone is 1. The summed E-state index contributed by atoms with van der Waals surface area (Å²) < 4.78 is 9.19. The first-order valence-electron chi connectivity index (χ1n) is 9.66. The minimum absolute atomic E-state index is 0.0783. The molecular weight excluding hydrogens is 344 g/mol. The van der Waals surface area contributed by atoms with Gasteiger partial charge in [0.05, 0.1) is 11.6 Å². The van der Waals surface area contributed by atoms with Crippen molar-refractivity contribution < 1.29 is 19.3 Å². The monoisotopic (exact) mass is 377 g/mol. The molecule has 0 aromatic carbocycles. The average molecular weight is 378 g/mol. The second kappa shape index (κ2) is 6.95. The lowest BCUT2D eigenvalue weighted by Gasteiger charge is -2.49. The Labute approximate surface area is 162 Å². The van der Waals surface area contributed by atoms with Gasteiger partial charge < -0.3 is 9.62 Å². The van der Waals surface area contributed by atoms with Crippen LogP contribution in [0.1, 0.15) is 74.1 Å². The summed E-state index contributed by atoms with van der Waals surface area (Å²) in [7, 11) is 0. The summed E-state index contributed by atoms with van der Waals surface area (Å²) in [5.41, 5.74) is 0.634. The molecule has 1 fully saturated rings. The molecule has 0 saturated carbocycles. The van der Waals surface area contributed by atoms with Gasteiger partial charge in [0.2, 0.25) is 0 Å². The molecule has 1 aromatic heterocycles. The van der Waals surface area contributed by atoms with Crippen molar-refractivity contribution in [3.05, 3.63) is 30.7 Å². The smallest absolute Gasteiger partial charge is 0.187 e. The standard InChI is InChI=1S/C20H33N4O3/c1-18(2,3)23-12-11-22(21-23)16-13-17(15-25-14-16)26-27-24-19(4,5)9-8-10-20(24,6)7/h11-12,14-15H,8-10,13H2,1-7H3/q+1. The Balaban J connectivity index is 1.64. The van der Waals surface area contributed by atoms with Crippen molar-refractivity contribution in [1.82, 2.24) is 15.0 Å². The molecule has 3 rings (SSSR count). The molecule has 27 heavy (non-hydrogen) atoms. The molecule has 0 spiro atoms. The van der Waals surface area contributed by atoms with Gasteiger partial charge in [0.15, 0.2) is 23.8 Å². The molecule has 0 N–H and O–H groups in total. The van der Waals surface area contributed by atoms with Gasteiger partial charge in [0, 0.05) is 11.1 Å². The molecule has 7 heteroatoms. The number of hydrogen-bond donors (Lipinski definition) is 0. The molecule has 7 nitrogen and oxygen atoms in total. The Morgan fingerprint density at radius 2 is 1.78 bits per heavy atom. The summed E-state index contributed by atoms with van der Waals surface area (Å²) in [6.07, 6.45) is 11.0. The van der Waals surface area contributed by atoms with E-state index in [2.05, 4.69) is 53.7 Å². The number of rotatable bonds is 4. The maximum absolute atomic E-state index is 5.82. The molecule has 0 radical (unpaired) electrons. The molecule has 2 aliphatic heterocycles. The molecular formula is C20H33N4O3+. The minimum Gasteiger partial charge on any atom is -0.465 e. The van der Waals surface area contributed by atoms with E-state index in [1.807, 2.05) is 22.1 Å². The number of nitrogens with zero attached hydrogens (tertiary/aromatic N) is 4. The fourth-order valence-electron chi connectivity index (χ4n) is 3.70. The number of hydrogen-bond acceptors (Lipinski definition) is 5. The van der Waals surface area contributed by atoms with E-state index in [9.17, 15) is 0 Å². The highest BCUT2D eigenvalue weighted by molar-refractivity contribution is 5.46. The van der Waals surface area contributed by atoms with E-state index >= 15 is 0 Å². The molecule has 0 unspecified atom stereocenters. The quantitative estimate of drug-likeness (QED) is 0.453. The molecule has 0 bridgehead atoms. The summed E-state index contributed by atoms with van der Waals surface area (Å²) >= 11 is 0. The molecule has 0 atom stereocenters. The zero-order chi connectivity index (χ0) is 19.9. The van der Waals surface area contributed by atoms with Gasteiger partial charge in [-0.1, -0.05) is 4.99 Å². The number of piperidine rings is 1. The second-order valence-electron chi connectivity index (χ2n) is 9.68. The van der Waals surface area contributed by atoms with Crippen LogP contribution in [0.5, 0.6) is 0 Å².